The molecule has 0 saturated heterocycles. The fourth-order valence-electron chi connectivity index (χ4n) is 1.89. The van der Waals surface area contributed by atoms with Crippen LogP contribution in [0, 0.1) is 17.2 Å². The summed E-state index contributed by atoms with van der Waals surface area (Å²) >= 11 is 0. The van der Waals surface area contributed by atoms with Gasteiger partial charge in [0.25, 0.3) is 0 Å². The van der Waals surface area contributed by atoms with E-state index in [1.807, 2.05) is 19.9 Å². The zero-order chi connectivity index (χ0) is 15.4. The standard InChI is InChI=1S/C13H19N3O3S/c1-10(2)6-13(3,17)9-16-20(18,19)12-5-4-11(7-14)15-8-12/h4-5,8,10,16-17H,6,9H2,1-3H3. The van der Waals surface area contributed by atoms with Crippen LogP contribution in [0.3, 0.4) is 0 Å². The van der Waals surface area contributed by atoms with Gasteiger partial charge in [-0.2, -0.15) is 5.26 Å². The Hall–Kier alpha value is -1.49. The Kier molecular flexibility index (Phi) is 5.22. The van der Waals surface area contributed by atoms with Crippen LogP contribution in [-0.2, 0) is 10.0 Å². The smallest absolute Gasteiger partial charge is 0.242 e. The number of nitrogens with zero attached hydrogens (tertiary/aromatic N) is 2. The third-order valence-electron chi connectivity index (χ3n) is 2.65. The van der Waals surface area contributed by atoms with Gasteiger partial charge in [0.1, 0.15) is 16.7 Å². The molecule has 1 aromatic rings. The van der Waals surface area contributed by atoms with Gasteiger partial charge in [-0.25, -0.2) is 18.1 Å². The minimum absolute atomic E-state index is 0.0307. The van der Waals surface area contributed by atoms with Crippen molar-refractivity contribution in [2.75, 3.05) is 6.54 Å². The fraction of sp³-hybridized carbons (Fsp3) is 0.538. The van der Waals surface area contributed by atoms with Gasteiger partial charge in [0, 0.05) is 12.7 Å². The molecule has 1 aromatic heterocycles. The van der Waals surface area contributed by atoms with Crippen LogP contribution < -0.4 is 4.72 Å². The van der Waals surface area contributed by atoms with E-state index in [0.717, 1.165) is 6.20 Å². The third-order valence-corrected chi connectivity index (χ3v) is 4.04. The summed E-state index contributed by atoms with van der Waals surface area (Å²) in [6.45, 7) is 5.42. The molecule has 6 nitrogen and oxygen atoms in total. The van der Waals surface area contributed by atoms with Gasteiger partial charge in [-0.15, -0.1) is 0 Å². The molecule has 0 saturated carbocycles. The molecule has 0 aliphatic rings. The predicted octanol–water partition coefficient (Wildman–Crippen LogP) is 1.03. The number of aromatic nitrogens is 1. The molecule has 1 unspecified atom stereocenters. The SMILES string of the molecule is CC(C)CC(C)(O)CNS(=O)(=O)c1ccc(C#N)nc1. The molecule has 0 aromatic carbocycles. The highest BCUT2D eigenvalue weighted by molar-refractivity contribution is 7.89. The molecule has 0 bridgehead atoms. The number of rotatable bonds is 6. The number of pyridine rings is 1. The molecule has 2 N–H and O–H groups in total. The van der Waals surface area contributed by atoms with Crippen molar-refractivity contribution in [2.24, 2.45) is 5.92 Å². The van der Waals surface area contributed by atoms with Gasteiger partial charge in [0.05, 0.1) is 5.60 Å². The highest BCUT2D eigenvalue weighted by atomic mass is 32.2. The van der Waals surface area contributed by atoms with Gasteiger partial charge in [0.2, 0.25) is 10.0 Å². The van der Waals surface area contributed by atoms with Crippen molar-refractivity contribution in [1.29, 1.82) is 5.26 Å². The maximum atomic E-state index is 12.0. The summed E-state index contributed by atoms with van der Waals surface area (Å²) in [5.41, 5.74) is -0.961. The van der Waals surface area contributed by atoms with Crippen molar-refractivity contribution < 1.29 is 13.5 Å². The first-order chi connectivity index (χ1) is 9.16. The monoisotopic (exact) mass is 297 g/mol. The van der Waals surface area contributed by atoms with E-state index < -0.39 is 15.6 Å². The van der Waals surface area contributed by atoms with Gasteiger partial charge < -0.3 is 5.11 Å². The highest BCUT2D eigenvalue weighted by Crippen LogP contribution is 2.16. The molecular formula is C13H19N3O3S. The summed E-state index contributed by atoms with van der Waals surface area (Å²) in [5, 5.41) is 18.7. The van der Waals surface area contributed by atoms with Crippen molar-refractivity contribution in [3.63, 3.8) is 0 Å². The van der Waals surface area contributed by atoms with Crippen molar-refractivity contribution in [3.05, 3.63) is 24.0 Å². The van der Waals surface area contributed by atoms with Crippen LogP contribution in [0.4, 0.5) is 0 Å². The number of hydrogen-bond donors (Lipinski definition) is 2. The van der Waals surface area contributed by atoms with Crippen LogP contribution in [-0.4, -0.2) is 30.7 Å². The average Bonchev–Trinajstić information content (AvgIpc) is 2.35. The normalized spacial score (nSPS) is 14.8. The molecule has 0 fully saturated rings. The Labute approximate surface area is 119 Å². The highest BCUT2D eigenvalue weighted by Gasteiger charge is 2.25. The first-order valence-corrected chi connectivity index (χ1v) is 7.73. The van der Waals surface area contributed by atoms with Crippen LogP contribution in [0.5, 0.6) is 0 Å². The van der Waals surface area contributed by atoms with Gasteiger partial charge >= 0.3 is 0 Å². The summed E-state index contributed by atoms with van der Waals surface area (Å²) < 4.78 is 26.4. The van der Waals surface area contributed by atoms with Crippen molar-refractivity contribution in [2.45, 2.75) is 37.7 Å². The van der Waals surface area contributed by atoms with Gasteiger partial charge in [-0.1, -0.05) is 13.8 Å². The van der Waals surface area contributed by atoms with Gasteiger partial charge in [-0.05, 0) is 31.4 Å². The first-order valence-electron chi connectivity index (χ1n) is 6.24. The van der Waals surface area contributed by atoms with Crippen molar-refractivity contribution in [1.82, 2.24) is 9.71 Å². The van der Waals surface area contributed by atoms with E-state index in [9.17, 15) is 13.5 Å². The molecule has 0 spiro atoms. The Morgan fingerprint density at radius 2 is 2.15 bits per heavy atom. The maximum Gasteiger partial charge on any atom is 0.242 e. The summed E-state index contributed by atoms with van der Waals surface area (Å²) in [4.78, 5) is 3.68. The van der Waals surface area contributed by atoms with Crippen molar-refractivity contribution in [3.8, 4) is 6.07 Å². The van der Waals surface area contributed by atoms with Crippen LogP contribution >= 0.6 is 0 Å². The summed E-state index contributed by atoms with van der Waals surface area (Å²) in [6.07, 6.45) is 1.61. The topological polar surface area (TPSA) is 103 Å². The van der Waals surface area contributed by atoms with E-state index in [-0.39, 0.29) is 23.1 Å². The van der Waals surface area contributed by atoms with Gasteiger partial charge in [0.15, 0.2) is 0 Å². The molecule has 110 valence electrons. The zero-order valence-corrected chi connectivity index (χ0v) is 12.6. The third kappa shape index (κ3) is 4.89. The molecule has 0 aliphatic heterocycles. The van der Waals surface area contributed by atoms with E-state index in [2.05, 4.69) is 9.71 Å². The van der Waals surface area contributed by atoms with E-state index in [1.54, 1.807) is 6.92 Å². The largest absolute Gasteiger partial charge is 0.389 e. The van der Waals surface area contributed by atoms with Crippen LogP contribution in [0.15, 0.2) is 23.2 Å². The molecule has 0 radical (unpaired) electrons. The second-order valence-electron chi connectivity index (χ2n) is 5.41. The molecule has 0 aliphatic carbocycles. The Balaban J connectivity index is 2.77. The zero-order valence-electron chi connectivity index (χ0n) is 11.8. The van der Waals surface area contributed by atoms with Gasteiger partial charge in [-0.3, -0.25) is 0 Å². The number of nitriles is 1. The minimum Gasteiger partial charge on any atom is -0.389 e. The second-order valence-corrected chi connectivity index (χ2v) is 7.18. The Morgan fingerprint density at radius 3 is 2.60 bits per heavy atom. The predicted molar refractivity (Wildman–Crippen MR) is 74.2 cm³/mol. The molecular weight excluding hydrogens is 278 g/mol. The number of hydrogen-bond acceptors (Lipinski definition) is 5. The fourth-order valence-corrected chi connectivity index (χ4v) is 3.00. The van der Waals surface area contributed by atoms with E-state index in [4.69, 9.17) is 5.26 Å². The van der Waals surface area contributed by atoms with E-state index >= 15 is 0 Å². The molecule has 7 heteroatoms. The van der Waals surface area contributed by atoms with Crippen LogP contribution in [0.2, 0.25) is 0 Å². The summed E-state index contributed by atoms with van der Waals surface area (Å²) in [7, 11) is -3.74. The Bertz CT molecular complexity index is 586. The molecule has 1 heterocycles. The summed E-state index contributed by atoms with van der Waals surface area (Å²) in [5.74, 6) is 0.256. The maximum absolute atomic E-state index is 12.0. The lowest BCUT2D eigenvalue weighted by Gasteiger charge is -2.25. The van der Waals surface area contributed by atoms with Crippen LogP contribution in [0.25, 0.3) is 0 Å². The average molecular weight is 297 g/mol. The van der Waals surface area contributed by atoms with E-state index in [0.29, 0.717) is 6.42 Å². The second kappa shape index (κ2) is 6.31. The lowest BCUT2D eigenvalue weighted by atomic mass is 9.95. The van der Waals surface area contributed by atoms with E-state index in [1.165, 1.54) is 12.1 Å². The van der Waals surface area contributed by atoms with Crippen LogP contribution in [0.1, 0.15) is 32.9 Å². The lowest BCUT2D eigenvalue weighted by Crippen LogP contribution is -2.41. The molecule has 20 heavy (non-hydrogen) atoms. The molecule has 1 atom stereocenters. The molecule has 1 rings (SSSR count). The number of sulfonamides is 1. The minimum atomic E-state index is -3.74. The number of nitrogens with one attached hydrogen (secondary N) is 1. The Morgan fingerprint density at radius 1 is 1.50 bits per heavy atom. The first kappa shape index (κ1) is 16.6. The van der Waals surface area contributed by atoms with Crippen molar-refractivity contribution >= 4 is 10.0 Å². The number of aliphatic hydroxyl groups is 1. The summed E-state index contributed by atoms with van der Waals surface area (Å²) in [6, 6.07) is 4.46. The quantitative estimate of drug-likeness (QED) is 0.816. The molecule has 0 amide bonds. The lowest BCUT2D eigenvalue weighted by molar-refractivity contribution is 0.0437.